The summed E-state index contributed by atoms with van der Waals surface area (Å²) < 4.78 is 1.88. The van der Waals surface area contributed by atoms with Crippen molar-refractivity contribution in [2.24, 2.45) is 13.0 Å². The Bertz CT molecular complexity index is 302. The first kappa shape index (κ1) is 10.7. The van der Waals surface area contributed by atoms with Gasteiger partial charge < -0.3 is 5.32 Å². The molecule has 0 bridgehead atoms. The van der Waals surface area contributed by atoms with Crippen molar-refractivity contribution in [2.75, 3.05) is 6.54 Å². The average Bonchev–Trinajstić information content (AvgIpc) is 2.91. The zero-order valence-electron chi connectivity index (χ0n) is 9.74. The molecule has 1 atom stereocenters. The van der Waals surface area contributed by atoms with Crippen LogP contribution in [0, 0.1) is 5.92 Å². The zero-order valence-corrected chi connectivity index (χ0v) is 9.74. The number of nitrogens with one attached hydrogen (secondary N) is 1. The summed E-state index contributed by atoms with van der Waals surface area (Å²) in [7, 11) is 1.98. The Balaban J connectivity index is 1.64. The molecule has 0 amide bonds. The molecule has 84 valence electrons. The van der Waals surface area contributed by atoms with Gasteiger partial charge in [0.15, 0.2) is 0 Å². The molecule has 0 saturated heterocycles. The molecule has 0 aromatic carbocycles. The molecule has 3 heteroatoms. The Kier molecular flexibility index (Phi) is 3.41. The van der Waals surface area contributed by atoms with Crippen molar-refractivity contribution in [1.82, 2.24) is 15.1 Å². The van der Waals surface area contributed by atoms with Crippen molar-refractivity contribution < 1.29 is 0 Å². The molecule has 0 spiro atoms. The number of aryl methyl sites for hydroxylation is 1. The topological polar surface area (TPSA) is 29.9 Å². The lowest BCUT2D eigenvalue weighted by Crippen LogP contribution is -2.20. The normalized spacial score (nSPS) is 18.0. The van der Waals surface area contributed by atoms with Crippen LogP contribution in [0.3, 0.4) is 0 Å². The van der Waals surface area contributed by atoms with E-state index in [-0.39, 0.29) is 0 Å². The molecule has 1 fully saturated rings. The Morgan fingerprint density at radius 3 is 3.00 bits per heavy atom. The van der Waals surface area contributed by atoms with Crippen LogP contribution >= 0.6 is 0 Å². The fourth-order valence-corrected chi connectivity index (χ4v) is 1.85. The molecule has 1 unspecified atom stereocenters. The summed E-state index contributed by atoms with van der Waals surface area (Å²) in [4.78, 5) is 0. The van der Waals surface area contributed by atoms with E-state index in [2.05, 4.69) is 23.4 Å². The van der Waals surface area contributed by atoms with Crippen LogP contribution in [0.15, 0.2) is 12.3 Å². The van der Waals surface area contributed by atoms with Crippen LogP contribution in [0.1, 0.15) is 31.9 Å². The molecule has 1 saturated carbocycles. The lowest BCUT2D eigenvalue weighted by atomic mass is 10.0. The number of hydrogen-bond donors (Lipinski definition) is 1. The number of hydrogen-bond acceptors (Lipinski definition) is 2. The van der Waals surface area contributed by atoms with E-state index in [0.717, 1.165) is 18.4 Å². The Morgan fingerprint density at radius 1 is 1.60 bits per heavy atom. The van der Waals surface area contributed by atoms with Crippen LogP contribution in [0.5, 0.6) is 0 Å². The fraction of sp³-hybridized carbons (Fsp3) is 0.750. The zero-order chi connectivity index (χ0) is 10.7. The van der Waals surface area contributed by atoms with Gasteiger partial charge in [0, 0.05) is 19.3 Å². The lowest BCUT2D eigenvalue weighted by Gasteiger charge is -2.09. The smallest absolute Gasteiger partial charge is 0.0627 e. The van der Waals surface area contributed by atoms with Gasteiger partial charge in [-0.15, -0.1) is 0 Å². The summed E-state index contributed by atoms with van der Waals surface area (Å²) in [6.45, 7) is 3.47. The van der Waals surface area contributed by atoms with Crippen LogP contribution in [-0.2, 0) is 13.5 Å². The third-order valence-electron chi connectivity index (χ3n) is 2.97. The van der Waals surface area contributed by atoms with Gasteiger partial charge in [0.2, 0.25) is 0 Å². The van der Waals surface area contributed by atoms with Crippen molar-refractivity contribution in [3.63, 3.8) is 0 Å². The Hall–Kier alpha value is -0.830. The minimum absolute atomic E-state index is 0.728. The summed E-state index contributed by atoms with van der Waals surface area (Å²) in [5, 5.41) is 7.96. The van der Waals surface area contributed by atoms with Gasteiger partial charge in [-0.2, -0.15) is 5.10 Å². The summed E-state index contributed by atoms with van der Waals surface area (Å²) in [6, 6.07) is 2.96. The molecule has 2 rings (SSSR count). The van der Waals surface area contributed by atoms with Crippen molar-refractivity contribution in [2.45, 2.75) is 38.6 Å². The van der Waals surface area contributed by atoms with Crippen molar-refractivity contribution in [3.8, 4) is 0 Å². The molecule has 1 aliphatic rings. The third-order valence-corrected chi connectivity index (χ3v) is 2.97. The lowest BCUT2D eigenvalue weighted by molar-refractivity contribution is 0.490. The highest BCUT2D eigenvalue weighted by atomic mass is 15.2. The van der Waals surface area contributed by atoms with Crippen molar-refractivity contribution in [1.29, 1.82) is 0 Å². The van der Waals surface area contributed by atoms with Gasteiger partial charge in [-0.3, -0.25) is 4.68 Å². The van der Waals surface area contributed by atoms with E-state index in [4.69, 9.17) is 0 Å². The monoisotopic (exact) mass is 207 g/mol. The maximum absolute atomic E-state index is 4.40. The second kappa shape index (κ2) is 4.79. The summed E-state index contributed by atoms with van der Waals surface area (Å²) in [6.07, 6.45) is 7.15. The molecule has 1 aromatic heterocycles. The van der Waals surface area contributed by atoms with Gasteiger partial charge >= 0.3 is 0 Å². The SMILES string of the molecule is CC(CCNC1CC1)Cc1ccn(C)n1. The largest absolute Gasteiger partial charge is 0.314 e. The van der Waals surface area contributed by atoms with Gasteiger partial charge in [0.1, 0.15) is 0 Å². The van der Waals surface area contributed by atoms with Gasteiger partial charge in [-0.1, -0.05) is 6.92 Å². The second-order valence-corrected chi connectivity index (χ2v) is 4.81. The van der Waals surface area contributed by atoms with E-state index in [1.807, 2.05) is 17.9 Å². The van der Waals surface area contributed by atoms with Gasteiger partial charge in [0.05, 0.1) is 5.69 Å². The molecule has 1 heterocycles. The van der Waals surface area contributed by atoms with Crippen molar-refractivity contribution in [3.05, 3.63) is 18.0 Å². The quantitative estimate of drug-likeness (QED) is 0.770. The number of rotatable bonds is 6. The molecule has 1 aromatic rings. The number of aromatic nitrogens is 2. The van der Waals surface area contributed by atoms with E-state index in [1.165, 1.54) is 31.5 Å². The van der Waals surface area contributed by atoms with Gasteiger partial charge in [0.25, 0.3) is 0 Å². The van der Waals surface area contributed by atoms with Gasteiger partial charge in [-0.05, 0) is 44.2 Å². The molecular weight excluding hydrogens is 186 g/mol. The van der Waals surface area contributed by atoms with E-state index in [1.54, 1.807) is 0 Å². The first-order chi connectivity index (χ1) is 7.24. The molecule has 0 aliphatic heterocycles. The van der Waals surface area contributed by atoms with Crippen LogP contribution in [-0.4, -0.2) is 22.4 Å². The summed E-state index contributed by atoms with van der Waals surface area (Å²) in [5.74, 6) is 0.728. The van der Waals surface area contributed by atoms with Crippen LogP contribution in [0.2, 0.25) is 0 Å². The molecule has 1 N–H and O–H groups in total. The molecular formula is C12H21N3. The molecule has 0 radical (unpaired) electrons. The Labute approximate surface area is 91.9 Å². The van der Waals surface area contributed by atoms with E-state index < -0.39 is 0 Å². The van der Waals surface area contributed by atoms with Crippen LogP contribution in [0.4, 0.5) is 0 Å². The molecule has 1 aliphatic carbocycles. The van der Waals surface area contributed by atoms with E-state index in [0.29, 0.717) is 0 Å². The predicted molar refractivity (Wildman–Crippen MR) is 61.7 cm³/mol. The average molecular weight is 207 g/mol. The first-order valence-electron chi connectivity index (χ1n) is 5.96. The van der Waals surface area contributed by atoms with E-state index in [9.17, 15) is 0 Å². The second-order valence-electron chi connectivity index (χ2n) is 4.81. The maximum atomic E-state index is 4.40. The standard InChI is InChI=1S/C12H21N3/c1-10(5-7-13-11-3-4-11)9-12-6-8-15(2)14-12/h6,8,10-11,13H,3-5,7,9H2,1-2H3. The molecule has 15 heavy (non-hydrogen) atoms. The number of nitrogens with zero attached hydrogens (tertiary/aromatic N) is 2. The minimum atomic E-state index is 0.728. The summed E-state index contributed by atoms with van der Waals surface area (Å²) >= 11 is 0. The van der Waals surface area contributed by atoms with Crippen molar-refractivity contribution >= 4 is 0 Å². The predicted octanol–water partition coefficient (Wildman–Crippen LogP) is 1.74. The van der Waals surface area contributed by atoms with E-state index >= 15 is 0 Å². The highest BCUT2D eigenvalue weighted by Crippen LogP contribution is 2.19. The minimum Gasteiger partial charge on any atom is -0.314 e. The fourth-order valence-electron chi connectivity index (χ4n) is 1.85. The van der Waals surface area contributed by atoms with Gasteiger partial charge in [-0.25, -0.2) is 0 Å². The highest BCUT2D eigenvalue weighted by Gasteiger charge is 2.19. The van der Waals surface area contributed by atoms with Crippen LogP contribution in [0.25, 0.3) is 0 Å². The van der Waals surface area contributed by atoms with Crippen LogP contribution < -0.4 is 5.32 Å². The first-order valence-corrected chi connectivity index (χ1v) is 5.96. The summed E-state index contributed by atoms with van der Waals surface area (Å²) in [5.41, 5.74) is 1.22. The Morgan fingerprint density at radius 2 is 2.40 bits per heavy atom. The maximum Gasteiger partial charge on any atom is 0.0627 e. The third kappa shape index (κ3) is 3.67. The molecule has 3 nitrogen and oxygen atoms in total. The highest BCUT2D eigenvalue weighted by molar-refractivity contribution is 4.99.